The largest absolute Gasteiger partial charge is 0.356 e. The van der Waals surface area contributed by atoms with Gasteiger partial charge in [-0.05, 0) is 56.2 Å². The number of aryl methyl sites for hydroxylation is 1. The number of carbonyl (C=O) groups excluding carboxylic acids is 3. The fourth-order valence-corrected chi connectivity index (χ4v) is 3.47. The van der Waals surface area contributed by atoms with Crippen LogP contribution in [0.25, 0.3) is 0 Å². The van der Waals surface area contributed by atoms with Crippen LogP contribution in [0, 0.1) is 18.8 Å². The average molecular weight is 392 g/mol. The number of rotatable bonds is 6. The van der Waals surface area contributed by atoms with E-state index in [4.69, 9.17) is 11.6 Å². The van der Waals surface area contributed by atoms with Crippen LogP contribution in [0.15, 0.2) is 18.2 Å². The number of anilines is 1. The molecule has 1 saturated heterocycles. The van der Waals surface area contributed by atoms with Gasteiger partial charge >= 0.3 is 0 Å². The van der Waals surface area contributed by atoms with E-state index in [1.807, 2.05) is 13.0 Å². The molecule has 0 unspecified atom stereocenters. The third-order valence-corrected chi connectivity index (χ3v) is 5.50. The first kappa shape index (κ1) is 19.7. The summed E-state index contributed by atoms with van der Waals surface area (Å²) in [4.78, 5) is 38.0. The van der Waals surface area contributed by atoms with Crippen molar-refractivity contribution in [1.29, 1.82) is 0 Å². The molecule has 146 valence electrons. The van der Waals surface area contributed by atoms with E-state index >= 15 is 0 Å². The zero-order chi connectivity index (χ0) is 19.4. The molecule has 1 aromatic carbocycles. The molecule has 1 aliphatic heterocycles. The molecule has 0 atom stereocenters. The number of nitrogens with one attached hydrogen (secondary N) is 2. The highest BCUT2D eigenvalue weighted by atomic mass is 35.5. The van der Waals surface area contributed by atoms with E-state index < -0.39 is 0 Å². The zero-order valence-electron chi connectivity index (χ0n) is 15.6. The van der Waals surface area contributed by atoms with E-state index in [0.717, 1.165) is 31.2 Å². The van der Waals surface area contributed by atoms with Gasteiger partial charge in [-0.15, -0.1) is 0 Å². The number of benzene rings is 1. The second-order valence-electron chi connectivity index (χ2n) is 7.53. The molecular formula is C20H26ClN3O3. The maximum Gasteiger partial charge on any atom is 0.233 e. The summed E-state index contributed by atoms with van der Waals surface area (Å²) in [5.74, 6) is 0.311. The molecule has 0 radical (unpaired) electrons. The minimum Gasteiger partial charge on any atom is -0.356 e. The lowest BCUT2D eigenvalue weighted by molar-refractivity contribution is -0.136. The van der Waals surface area contributed by atoms with Crippen LogP contribution in [0.3, 0.4) is 0 Å². The number of carbonyl (C=O) groups is 3. The molecule has 3 amide bonds. The number of piperidine rings is 1. The van der Waals surface area contributed by atoms with Crippen molar-refractivity contribution >= 4 is 35.0 Å². The second-order valence-corrected chi connectivity index (χ2v) is 7.96. The SMILES string of the molecule is Cc1ccc(Cl)cc1NC(=O)CC(=O)N1CCC(CNC(=O)C2CC2)CC1. The highest BCUT2D eigenvalue weighted by Crippen LogP contribution is 2.29. The number of nitrogens with zero attached hydrogens (tertiary/aromatic N) is 1. The lowest BCUT2D eigenvalue weighted by Crippen LogP contribution is -2.42. The van der Waals surface area contributed by atoms with Crippen molar-refractivity contribution in [2.75, 3.05) is 25.0 Å². The van der Waals surface area contributed by atoms with Crippen LogP contribution in [0.5, 0.6) is 0 Å². The van der Waals surface area contributed by atoms with E-state index in [1.165, 1.54) is 0 Å². The van der Waals surface area contributed by atoms with Gasteiger partial charge in [-0.2, -0.15) is 0 Å². The van der Waals surface area contributed by atoms with Gasteiger partial charge in [-0.25, -0.2) is 0 Å². The van der Waals surface area contributed by atoms with Crippen LogP contribution in [0.2, 0.25) is 5.02 Å². The Bertz CT molecular complexity index is 725. The van der Waals surface area contributed by atoms with Gasteiger partial charge in [0.15, 0.2) is 0 Å². The first-order valence-electron chi connectivity index (χ1n) is 9.54. The Morgan fingerprint density at radius 1 is 1.15 bits per heavy atom. The van der Waals surface area contributed by atoms with Gasteiger partial charge < -0.3 is 15.5 Å². The van der Waals surface area contributed by atoms with Crippen molar-refractivity contribution in [3.8, 4) is 0 Å². The highest BCUT2D eigenvalue weighted by Gasteiger charge is 2.30. The Morgan fingerprint density at radius 3 is 2.52 bits per heavy atom. The first-order valence-corrected chi connectivity index (χ1v) is 9.91. The quantitative estimate of drug-likeness (QED) is 0.732. The normalized spacial score (nSPS) is 17.5. The molecule has 1 heterocycles. The summed E-state index contributed by atoms with van der Waals surface area (Å²) < 4.78 is 0. The summed E-state index contributed by atoms with van der Waals surface area (Å²) in [6, 6.07) is 5.27. The van der Waals surface area contributed by atoms with Crippen molar-refractivity contribution in [3.63, 3.8) is 0 Å². The van der Waals surface area contributed by atoms with Crippen molar-refractivity contribution in [1.82, 2.24) is 10.2 Å². The fraction of sp³-hybridized carbons (Fsp3) is 0.550. The fourth-order valence-electron chi connectivity index (χ4n) is 3.29. The van der Waals surface area contributed by atoms with Gasteiger partial charge in [0.05, 0.1) is 0 Å². The van der Waals surface area contributed by atoms with Crippen molar-refractivity contribution < 1.29 is 14.4 Å². The van der Waals surface area contributed by atoms with E-state index in [-0.39, 0.29) is 30.1 Å². The molecule has 1 saturated carbocycles. The standard InChI is InChI=1S/C20H26ClN3O3/c1-13-2-5-16(21)10-17(13)23-18(25)11-19(26)24-8-6-14(7-9-24)12-22-20(27)15-3-4-15/h2,5,10,14-15H,3-4,6-9,11-12H2,1H3,(H,22,27)(H,23,25). The molecule has 0 bridgehead atoms. The summed E-state index contributed by atoms with van der Waals surface area (Å²) in [6.45, 7) is 3.82. The van der Waals surface area contributed by atoms with Crippen LogP contribution >= 0.6 is 11.6 Å². The first-order chi connectivity index (χ1) is 12.9. The molecule has 27 heavy (non-hydrogen) atoms. The second kappa shape index (κ2) is 8.74. The lowest BCUT2D eigenvalue weighted by atomic mass is 9.96. The highest BCUT2D eigenvalue weighted by molar-refractivity contribution is 6.31. The minimum absolute atomic E-state index is 0.160. The monoisotopic (exact) mass is 391 g/mol. The van der Waals surface area contributed by atoms with Gasteiger partial charge in [0.2, 0.25) is 17.7 Å². The van der Waals surface area contributed by atoms with E-state index in [1.54, 1.807) is 17.0 Å². The van der Waals surface area contributed by atoms with Crippen molar-refractivity contribution in [2.24, 2.45) is 11.8 Å². The number of hydrogen-bond donors (Lipinski definition) is 2. The van der Waals surface area contributed by atoms with E-state index in [9.17, 15) is 14.4 Å². The molecule has 0 aromatic heterocycles. The number of hydrogen-bond acceptors (Lipinski definition) is 3. The Labute approximate surface area is 164 Å². The van der Waals surface area contributed by atoms with Gasteiger partial charge in [-0.3, -0.25) is 14.4 Å². The molecule has 1 aliphatic carbocycles. The molecule has 2 aliphatic rings. The molecule has 3 rings (SSSR count). The van der Waals surface area contributed by atoms with Gasteiger partial charge in [0.25, 0.3) is 0 Å². The number of likely N-dealkylation sites (tertiary alicyclic amines) is 1. The zero-order valence-corrected chi connectivity index (χ0v) is 16.3. The smallest absolute Gasteiger partial charge is 0.233 e. The van der Waals surface area contributed by atoms with Crippen LogP contribution in [0.4, 0.5) is 5.69 Å². The third kappa shape index (κ3) is 5.70. The van der Waals surface area contributed by atoms with Crippen LogP contribution < -0.4 is 10.6 Å². The van der Waals surface area contributed by atoms with Gasteiger partial charge in [0, 0.05) is 36.3 Å². The summed E-state index contributed by atoms with van der Waals surface area (Å²) in [5, 5.41) is 6.31. The summed E-state index contributed by atoms with van der Waals surface area (Å²) in [5.41, 5.74) is 1.53. The van der Waals surface area contributed by atoms with Crippen LogP contribution in [-0.2, 0) is 14.4 Å². The van der Waals surface area contributed by atoms with Gasteiger partial charge in [-0.1, -0.05) is 17.7 Å². The Hall–Kier alpha value is -2.08. The third-order valence-electron chi connectivity index (χ3n) is 5.27. The molecule has 7 heteroatoms. The molecule has 2 N–H and O–H groups in total. The van der Waals surface area contributed by atoms with E-state index in [0.29, 0.717) is 36.3 Å². The Balaban J connectivity index is 1.40. The van der Waals surface area contributed by atoms with E-state index in [2.05, 4.69) is 10.6 Å². The van der Waals surface area contributed by atoms with Crippen LogP contribution in [0.1, 0.15) is 37.7 Å². The Kier molecular flexibility index (Phi) is 6.37. The summed E-state index contributed by atoms with van der Waals surface area (Å²) in [6.07, 6.45) is 3.55. The predicted octanol–water partition coefficient (Wildman–Crippen LogP) is 2.74. The Morgan fingerprint density at radius 2 is 1.85 bits per heavy atom. The maximum absolute atomic E-state index is 12.4. The maximum atomic E-state index is 12.4. The number of halogens is 1. The molecular weight excluding hydrogens is 366 g/mol. The molecule has 0 spiro atoms. The molecule has 1 aromatic rings. The van der Waals surface area contributed by atoms with Crippen molar-refractivity contribution in [3.05, 3.63) is 28.8 Å². The predicted molar refractivity (Wildman–Crippen MR) is 104 cm³/mol. The topological polar surface area (TPSA) is 78.5 Å². The minimum atomic E-state index is -0.329. The summed E-state index contributed by atoms with van der Waals surface area (Å²) in [7, 11) is 0. The summed E-state index contributed by atoms with van der Waals surface area (Å²) >= 11 is 5.95. The molecule has 2 fully saturated rings. The number of amides is 3. The van der Waals surface area contributed by atoms with Crippen molar-refractivity contribution in [2.45, 2.75) is 39.0 Å². The van der Waals surface area contributed by atoms with Crippen LogP contribution in [-0.4, -0.2) is 42.3 Å². The van der Waals surface area contributed by atoms with Gasteiger partial charge in [0.1, 0.15) is 6.42 Å². The lowest BCUT2D eigenvalue weighted by Gasteiger charge is -2.32. The molecule has 6 nitrogen and oxygen atoms in total. The average Bonchev–Trinajstić information content (AvgIpc) is 3.48.